The van der Waals surface area contributed by atoms with E-state index in [0.29, 0.717) is 26.1 Å². The molecule has 2 amide bonds. The molecule has 0 aliphatic carbocycles. The number of hydrogen-bond acceptors (Lipinski definition) is 3. The van der Waals surface area contributed by atoms with Crippen LogP contribution in [-0.4, -0.2) is 29.8 Å². The van der Waals surface area contributed by atoms with Crippen molar-refractivity contribution < 1.29 is 14.0 Å². The lowest BCUT2D eigenvalue weighted by atomic mass is 9.89. The molecule has 2 aromatic carbocycles. The monoisotopic (exact) mass is 381 g/mol. The van der Waals surface area contributed by atoms with E-state index in [1.54, 1.807) is 11.8 Å². The maximum atomic E-state index is 13.8. The Kier molecular flexibility index (Phi) is 5.13. The summed E-state index contributed by atoms with van der Waals surface area (Å²) in [5.41, 5.74) is 3.87. The van der Waals surface area contributed by atoms with E-state index < -0.39 is 0 Å². The van der Waals surface area contributed by atoms with Crippen molar-refractivity contribution in [3.8, 4) is 0 Å². The van der Waals surface area contributed by atoms with Crippen molar-refractivity contribution in [2.24, 2.45) is 0 Å². The number of carbonyl (C=O) groups excluding carboxylic acids is 2. The summed E-state index contributed by atoms with van der Waals surface area (Å²) in [6.45, 7) is 3.23. The summed E-state index contributed by atoms with van der Waals surface area (Å²) in [5, 5.41) is 6.51. The highest BCUT2D eigenvalue weighted by atomic mass is 19.1. The highest BCUT2D eigenvalue weighted by molar-refractivity contribution is 5.94. The number of rotatable bonds is 3. The molecule has 146 valence electrons. The van der Waals surface area contributed by atoms with Crippen LogP contribution in [0.5, 0.6) is 0 Å². The Balaban J connectivity index is 1.55. The van der Waals surface area contributed by atoms with Crippen molar-refractivity contribution in [3.63, 3.8) is 0 Å². The lowest BCUT2D eigenvalue weighted by molar-refractivity contribution is -0.129. The van der Waals surface area contributed by atoms with Crippen molar-refractivity contribution in [3.05, 3.63) is 65.0 Å². The van der Waals surface area contributed by atoms with Gasteiger partial charge in [-0.1, -0.05) is 24.3 Å². The van der Waals surface area contributed by atoms with Gasteiger partial charge in [-0.3, -0.25) is 9.59 Å². The molecule has 2 aliphatic heterocycles. The Labute approximate surface area is 163 Å². The van der Waals surface area contributed by atoms with Crippen LogP contribution in [0, 0.1) is 5.82 Å². The first-order chi connectivity index (χ1) is 13.5. The average molecular weight is 381 g/mol. The summed E-state index contributed by atoms with van der Waals surface area (Å²) in [7, 11) is 0. The third-order valence-electron chi connectivity index (χ3n) is 5.69. The van der Waals surface area contributed by atoms with E-state index in [4.69, 9.17) is 0 Å². The van der Waals surface area contributed by atoms with Crippen LogP contribution in [0.2, 0.25) is 0 Å². The van der Waals surface area contributed by atoms with Gasteiger partial charge in [-0.15, -0.1) is 0 Å². The first-order valence-electron chi connectivity index (χ1n) is 9.67. The van der Waals surface area contributed by atoms with Gasteiger partial charge in [0.15, 0.2) is 0 Å². The number of anilines is 1. The van der Waals surface area contributed by atoms with E-state index in [9.17, 15) is 14.0 Å². The number of halogens is 1. The summed E-state index contributed by atoms with van der Waals surface area (Å²) >= 11 is 0. The fourth-order valence-corrected chi connectivity index (χ4v) is 4.23. The minimum atomic E-state index is -0.291. The average Bonchev–Trinajstić information content (AvgIpc) is 2.85. The molecule has 0 radical (unpaired) electrons. The molecular formula is C22H24FN3O2. The van der Waals surface area contributed by atoms with E-state index >= 15 is 0 Å². The smallest absolute Gasteiger partial charge is 0.225 e. The van der Waals surface area contributed by atoms with Gasteiger partial charge in [0.2, 0.25) is 11.8 Å². The zero-order chi connectivity index (χ0) is 19.7. The van der Waals surface area contributed by atoms with Gasteiger partial charge in [0.05, 0.1) is 0 Å². The maximum Gasteiger partial charge on any atom is 0.225 e. The number of amides is 2. The molecule has 2 aromatic rings. The number of carbonyl (C=O) groups is 2. The van der Waals surface area contributed by atoms with Gasteiger partial charge in [0, 0.05) is 50.6 Å². The second kappa shape index (κ2) is 7.72. The van der Waals surface area contributed by atoms with Gasteiger partial charge < -0.3 is 15.5 Å². The summed E-state index contributed by atoms with van der Waals surface area (Å²) in [4.78, 5) is 25.7. The Morgan fingerprint density at radius 1 is 1.25 bits per heavy atom. The summed E-state index contributed by atoms with van der Waals surface area (Å²) in [6.07, 6.45) is 1.19. The molecule has 2 aliphatic rings. The molecule has 0 saturated carbocycles. The van der Waals surface area contributed by atoms with Crippen LogP contribution in [-0.2, 0) is 16.1 Å². The first kappa shape index (κ1) is 18.6. The molecule has 0 spiro atoms. The third-order valence-corrected chi connectivity index (χ3v) is 5.69. The molecular weight excluding hydrogens is 357 g/mol. The predicted octanol–water partition coefficient (Wildman–Crippen LogP) is 3.33. The molecule has 0 fully saturated rings. The Bertz CT molecular complexity index is 914. The summed E-state index contributed by atoms with van der Waals surface area (Å²) in [5.74, 6) is -0.188. The highest BCUT2D eigenvalue weighted by Crippen LogP contribution is 2.33. The quantitative estimate of drug-likeness (QED) is 0.857. The second-order valence-corrected chi connectivity index (χ2v) is 7.57. The fourth-order valence-electron chi connectivity index (χ4n) is 4.23. The molecule has 0 saturated heterocycles. The number of hydrogen-bond donors (Lipinski definition) is 2. The van der Waals surface area contributed by atoms with Crippen LogP contribution in [0.4, 0.5) is 10.1 Å². The minimum Gasteiger partial charge on any atom is -0.339 e. The first-order valence-corrected chi connectivity index (χ1v) is 9.67. The fraction of sp³-hybridized carbons (Fsp3) is 0.364. The molecule has 0 unspecified atom stereocenters. The van der Waals surface area contributed by atoms with Gasteiger partial charge >= 0.3 is 0 Å². The zero-order valence-electron chi connectivity index (χ0n) is 15.9. The predicted molar refractivity (Wildman–Crippen MR) is 105 cm³/mol. The maximum absolute atomic E-state index is 13.8. The second-order valence-electron chi connectivity index (χ2n) is 7.57. The number of nitrogens with one attached hydrogen (secondary N) is 2. The van der Waals surface area contributed by atoms with E-state index in [2.05, 4.69) is 16.7 Å². The molecule has 6 heteroatoms. The van der Waals surface area contributed by atoms with Crippen molar-refractivity contribution >= 4 is 17.5 Å². The van der Waals surface area contributed by atoms with Gasteiger partial charge in [-0.2, -0.15) is 0 Å². The van der Waals surface area contributed by atoms with Crippen molar-refractivity contribution in [2.75, 3.05) is 18.4 Å². The molecule has 0 bridgehead atoms. The van der Waals surface area contributed by atoms with Crippen LogP contribution in [0.25, 0.3) is 0 Å². The van der Waals surface area contributed by atoms with E-state index in [0.717, 1.165) is 28.8 Å². The molecule has 4 rings (SSSR count). The van der Waals surface area contributed by atoms with Gasteiger partial charge in [-0.05, 0) is 41.3 Å². The third kappa shape index (κ3) is 3.78. The number of benzene rings is 2. The van der Waals surface area contributed by atoms with Crippen LogP contribution in [0.3, 0.4) is 0 Å². The topological polar surface area (TPSA) is 61.4 Å². The van der Waals surface area contributed by atoms with Crippen LogP contribution < -0.4 is 10.6 Å². The SMILES string of the molecule is CC(=O)N1CC[C@H](NC[C@H]2CC(=O)Nc3ccccc32)c2ccc(F)cc2C1. The summed E-state index contributed by atoms with van der Waals surface area (Å²) in [6, 6.07) is 12.7. The highest BCUT2D eigenvalue weighted by Gasteiger charge is 2.28. The van der Waals surface area contributed by atoms with Crippen LogP contribution in [0.1, 0.15) is 48.4 Å². The molecule has 2 N–H and O–H groups in total. The number of para-hydroxylation sites is 1. The van der Waals surface area contributed by atoms with E-state index in [1.807, 2.05) is 24.3 Å². The lowest BCUT2D eigenvalue weighted by Crippen LogP contribution is -2.33. The van der Waals surface area contributed by atoms with Gasteiger partial charge in [-0.25, -0.2) is 4.39 Å². The van der Waals surface area contributed by atoms with E-state index in [-0.39, 0.29) is 29.6 Å². The van der Waals surface area contributed by atoms with Crippen molar-refractivity contribution in [2.45, 2.75) is 38.3 Å². The number of fused-ring (bicyclic) bond motifs is 2. The molecule has 0 aromatic heterocycles. The summed E-state index contributed by atoms with van der Waals surface area (Å²) < 4.78 is 13.8. The zero-order valence-corrected chi connectivity index (χ0v) is 15.9. The lowest BCUT2D eigenvalue weighted by Gasteiger charge is -2.28. The Hall–Kier alpha value is -2.73. The van der Waals surface area contributed by atoms with Crippen molar-refractivity contribution in [1.29, 1.82) is 0 Å². The number of nitrogens with zero attached hydrogens (tertiary/aromatic N) is 1. The molecule has 5 nitrogen and oxygen atoms in total. The minimum absolute atomic E-state index is 0.00580. The van der Waals surface area contributed by atoms with Crippen LogP contribution in [0.15, 0.2) is 42.5 Å². The van der Waals surface area contributed by atoms with E-state index in [1.165, 1.54) is 12.1 Å². The largest absolute Gasteiger partial charge is 0.339 e. The Morgan fingerprint density at radius 2 is 2.07 bits per heavy atom. The van der Waals surface area contributed by atoms with Gasteiger partial charge in [0.1, 0.15) is 5.82 Å². The standard InChI is InChI=1S/C22H24FN3O2/c1-14(27)26-9-8-20(19-7-6-17(23)10-16(19)13-26)24-12-15-11-22(28)25-21-5-3-2-4-18(15)21/h2-7,10,15,20,24H,8-9,11-13H2,1H3,(H,25,28)/t15-,20+/m1/s1. The molecule has 2 heterocycles. The molecule has 2 atom stereocenters. The normalized spacial score (nSPS) is 21.4. The van der Waals surface area contributed by atoms with Crippen molar-refractivity contribution in [1.82, 2.24) is 10.2 Å². The van der Waals surface area contributed by atoms with Gasteiger partial charge in [0.25, 0.3) is 0 Å². The molecule has 28 heavy (non-hydrogen) atoms. The Morgan fingerprint density at radius 3 is 2.89 bits per heavy atom. The van der Waals surface area contributed by atoms with Crippen LogP contribution >= 0.6 is 0 Å².